The summed E-state index contributed by atoms with van der Waals surface area (Å²) in [5.74, 6) is 1.32. The number of carbonyl (C=O) groups is 1. The van der Waals surface area contributed by atoms with Crippen molar-refractivity contribution in [1.82, 2.24) is 9.80 Å². The Morgan fingerprint density at radius 1 is 1.23 bits per heavy atom. The largest absolute Gasteiger partial charge is 0.483 e. The molecular formula is C18H28N2O2. The van der Waals surface area contributed by atoms with Crippen molar-refractivity contribution in [1.29, 1.82) is 0 Å². The molecule has 0 bridgehead atoms. The summed E-state index contributed by atoms with van der Waals surface area (Å²) in [6.07, 6.45) is 0. The molecule has 1 aliphatic rings. The summed E-state index contributed by atoms with van der Waals surface area (Å²) in [7, 11) is 0. The quantitative estimate of drug-likeness (QED) is 0.838. The van der Waals surface area contributed by atoms with Gasteiger partial charge in [0.05, 0.1) is 0 Å². The van der Waals surface area contributed by atoms with Gasteiger partial charge in [0.2, 0.25) is 0 Å². The Bertz CT molecular complexity index is 506. The molecule has 0 aliphatic carbocycles. The van der Waals surface area contributed by atoms with Crippen LogP contribution in [-0.2, 0) is 4.79 Å². The van der Waals surface area contributed by atoms with E-state index in [-0.39, 0.29) is 12.5 Å². The van der Waals surface area contributed by atoms with Gasteiger partial charge in [-0.3, -0.25) is 4.79 Å². The van der Waals surface area contributed by atoms with Gasteiger partial charge in [-0.2, -0.15) is 0 Å². The summed E-state index contributed by atoms with van der Waals surface area (Å²) >= 11 is 0. The molecule has 1 heterocycles. The second kappa shape index (κ2) is 7.63. The van der Waals surface area contributed by atoms with Crippen LogP contribution in [-0.4, -0.2) is 55.0 Å². The lowest BCUT2D eigenvalue weighted by Crippen LogP contribution is -2.49. The van der Waals surface area contributed by atoms with Crippen molar-refractivity contribution in [3.05, 3.63) is 29.3 Å². The third-order valence-electron chi connectivity index (χ3n) is 4.31. The molecule has 0 atom stereocenters. The number of ether oxygens (including phenoxy) is 1. The van der Waals surface area contributed by atoms with Crippen LogP contribution in [0.25, 0.3) is 0 Å². The van der Waals surface area contributed by atoms with Crippen LogP contribution in [0.5, 0.6) is 5.75 Å². The molecule has 22 heavy (non-hydrogen) atoms. The van der Waals surface area contributed by atoms with Gasteiger partial charge in [-0.25, -0.2) is 0 Å². The number of hydrogen-bond acceptors (Lipinski definition) is 3. The van der Waals surface area contributed by atoms with Gasteiger partial charge < -0.3 is 14.5 Å². The summed E-state index contributed by atoms with van der Waals surface area (Å²) in [5, 5.41) is 0. The highest BCUT2D eigenvalue weighted by atomic mass is 16.5. The minimum atomic E-state index is 0.0898. The molecule has 1 saturated heterocycles. The predicted octanol–water partition coefficient (Wildman–Crippen LogP) is 2.66. The maximum Gasteiger partial charge on any atom is 0.260 e. The second-order valence-corrected chi connectivity index (χ2v) is 6.30. The number of carbonyl (C=O) groups excluding carboxylic acids is 1. The van der Waals surface area contributed by atoms with Crippen molar-refractivity contribution < 1.29 is 9.53 Å². The highest BCUT2D eigenvalue weighted by molar-refractivity contribution is 5.78. The summed E-state index contributed by atoms with van der Waals surface area (Å²) in [4.78, 5) is 16.6. The third kappa shape index (κ3) is 4.23. The third-order valence-corrected chi connectivity index (χ3v) is 4.31. The molecule has 1 aliphatic heterocycles. The zero-order chi connectivity index (χ0) is 16.1. The van der Waals surface area contributed by atoms with Crippen molar-refractivity contribution in [3.63, 3.8) is 0 Å². The molecule has 1 aromatic rings. The van der Waals surface area contributed by atoms with E-state index in [0.717, 1.165) is 49.6 Å². The number of likely N-dealkylation sites (N-methyl/N-ethyl adjacent to an activating group) is 1. The Labute approximate surface area is 134 Å². The summed E-state index contributed by atoms with van der Waals surface area (Å²) in [6, 6.07) is 6.21. The second-order valence-electron chi connectivity index (χ2n) is 6.30. The fourth-order valence-corrected chi connectivity index (χ4v) is 2.79. The van der Waals surface area contributed by atoms with Crippen molar-refractivity contribution in [2.45, 2.75) is 33.6 Å². The first-order valence-corrected chi connectivity index (χ1v) is 8.24. The van der Waals surface area contributed by atoms with E-state index in [0.29, 0.717) is 5.92 Å². The molecule has 0 saturated carbocycles. The van der Waals surface area contributed by atoms with E-state index >= 15 is 0 Å². The number of rotatable bonds is 5. The minimum Gasteiger partial charge on any atom is -0.483 e. The highest BCUT2D eigenvalue weighted by Crippen LogP contribution is 2.27. The molecule has 4 nitrogen and oxygen atoms in total. The number of piperazine rings is 1. The molecule has 122 valence electrons. The van der Waals surface area contributed by atoms with Crippen molar-refractivity contribution in [2.75, 3.05) is 39.3 Å². The lowest BCUT2D eigenvalue weighted by molar-refractivity contribution is -0.135. The van der Waals surface area contributed by atoms with E-state index < -0.39 is 0 Å². The van der Waals surface area contributed by atoms with Crippen LogP contribution in [0.4, 0.5) is 0 Å². The van der Waals surface area contributed by atoms with Gasteiger partial charge in [0.25, 0.3) is 5.91 Å². The minimum absolute atomic E-state index is 0.0898. The molecule has 0 aromatic heterocycles. The average Bonchev–Trinajstić information content (AvgIpc) is 2.52. The maximum atomic E-state index is 12.3. The van der Waals surface area contributed by atoms with Gasteiger partial charge in [0.15, 0.2) is 6.61 Å². The van der Waals surface area contributed by atoms with Crippen molar-refractivity contribution in [2.24, 2.45) is 0 Å². The number of benzene rings is 1. The molecule has 0 spiro atoms. The van der Waals surface area contributed by atoms with Crippen molar-refractivity contribution >= 4 is 5.91 Å². The lowest BCUT2D eigenvalue weighted by Gasteiger charge is -2.34. The summed E-state index contributed by atoms with van der Waals surface area (Å²) in [6.45, 7) is 13.2. The van der Waals surface area contributed by atoms with Crippen LogP contribution in [0, 0.1) is 6.92 Å². The molecule has 0 unspecified atom stereocenters. The van der Waals surface area contributed by atoms with Crippen LogP contribution in [0.2, 0.25) is 0 Å². The monoisotopic (exact) mass is 304 g/mol. The molecule has 0 N–H and O–H groups in total. The number of nitrogens with zero attached hydrogens (tertiary/aromatic N) is 2. The SMILES string of the molecule is CCN1CCN(C(=O)COc2cc(C)ccc2C(C)C)CC1. The van der Waals surface area contributed by atoms with Crippen molar-refractivity contribution in [3.8, 4) is 5.75 Å². The fourth-order valence-electron chi connectivity index (χ4n) is 2.79. The Kier molecular flexibility index (Phi) is 5.83. The van der Waals surface area contributed by atoms with Crippen LogP contribution < -0.4 is 4.74 Å². The van der Waals surface area contributed by atoms with E-state index in [2.05, 4.69) is 37.8 Å². The van der Waals surface area contributed by atoms with E-state index in [1.54, 1.807) is 0 Å². The Morgan fingerprint density at radius 3 is 2.50 bits per heavy atom. The van der Waals surface area contributed by atoms with Gasteiger partial charge in [0.1, 0.15) is 5.75 Å². The number of hydrogen-bond donors (Lipinski definition) is 0. The number of aryl methyl sites for hydroxylation is 1. The predicted molar refractivity (Wildman–Crippen MR) is 89.5 cm³/mol. The van der Waals surface area contributed by atoms with E-state index in [4.69, 9.17) is 4.74 Å². The van der Waals surface area contributed by atoms with E-state index in [1.165, 1.54) is 0 Å². The summed E-state index contributed by atoms with van der Waals surface area (Å²) in [5.41, 5.74) is 2.32. The zero-order valence-electron chi connectivity index (χ0n) is 14.3. The molecule has 1 fully saturated rings. The van der Waals surface area contributed by atoms with Gasteiger partial charge >= 0.3 is 0 Å². The molecule has 0 radical (unpaired) electrons. The first kappa shape index (κ1) is 16.8. The lowest BCUT2D eigenvalue weighted by atomic mass is 10.0. The smallest absolute Gasteiger partial charge is 0.260 e. The van der Waals surface area contributed by atoms with E-state index in [9.17, 15) is 4.79 Å². The van der Waals surface area contributed by atoms with Gasteiger partial charge in [0, 0.05) is 26.2 Å². The van der Waals surface area contributed by atoms with Gasteiger partial charge in [-0.05, 0) is 36.6 Å². The van der Waals surface area contributed by atoms with Crippen LogP contribution in [0.3, 0.4) is 0 Å². The normalized spacial score (nSPS) is 16.1. The Morgan fingerprint density at radius 2 is 1.91 bits per heavy atom. The summed E-state index contributed by atoms with van der Waals surface area (Å²) < 4.78 is 5.84. The maximum absolute atomic E-state index is 12.3. The first-order chi connectivity index (χ1) is 10.5. The fraction of sp³-hybridized carbons (Fsp3) is 0.611. The standard InChI is InChI=1S/C18H28N2O2/c1-5-19-8-10-20(11-9-19)18(21)13-22-17-12-15(4)6-7-16(17)14(2)3/h6-7,12,14H,5,8-11,13H2,1-4H3. The molecule has 1 aromatic carbocycles. The van der Waals surface area contributed by atoms with Crippen LogP contribution in [0.15, 0.2) is 18.2 Å². The zero-order valence-corrected chi connectivity index (χ0v) is 14.3. The molecule has 4 heteroatoms. The molecular weight excluding hydrogens is 276 g/mol. The average molecular weight is 304 g/mol. The number of amides is 1. The van der Waals surface area contributed by atoms with E-state index in [1.807, 2.05) is 17.9 Å². The first-order valence-electron chi connectivity index (χ1n) is 8.24. The Balaban J connectivity index is 1.93. The highest BCUT2D eigenvalue weighted by Gasteiger charge is 2.20. The molecule has 2 rings (SSSR count). The van der Waals surface area contributed by atoms with Crippen LogP contribution >= 0.6 is 0 Å². The van der Waals surface area contributed by atoms with Gasteiger partial charge in [-0.1, -0.05) is 32.9 Å². The topological polar surface area (TPSA) is 32.8 Å². The molecule has 1 amide bonds. The van der Waals surface area contributed by atoms with Crippen LogP contribution in [0.1, 0.15) is 37.8 Å². The Hall–Kier alpha value is -1.55. The van der Waals surface area contributed by atoms with Gasteiger partial charge in [-0.15, -0.1) is 0 Å².